The van der Waals surface area contributed by atoms with E-state index in [1.807, 2.05) is 6.92 Å². The molecule has 8 heteroatoms. The predicted octanol–water partition coefficient (Wildman–Crippen LogP) is 3.02. The highest BCUT2D eigenvalue weighted by molar-refractivity contribution is 5.87. The summed E-state index contributed by atoms with van der Waals surface area (Å²) in [5.41, 5.74) is 3.50. The Labute approximate surface area is 171 Å². The van der Waals surface area contributed by atoms with Crippen molar-refractivity contribution in [3.05, 3.63) is 34.9 Å². The lowest BCUT2D eigenvalue weighted by Crippen LogP contribution is -2.47. The zero-order valence-electron chi connectivity index (χ0n) is 17.4. The third kappa shape index (κ3) is 11.2. The second-order valence-electron chi connectivity index (χ2n) is 7.20. The first kappa shape index (κ1) is 26.6. The quantitative estimate of drug-likeness (QED) is 0.319. The molecule has 0 amide bonds. The van der Waals surface area contributed by atoms with Crippen molar-refractivity contribution in [2.24, 2.45) is 5.92 Å². The first-order valence-corrected chi connectivity index (χ1v) is 9.40. The largest absolute Gasteiger partial charge is 0.481 e. The number of allylic oxidation sites excluding steroid dienone is 5. The van der Waals surface area contributed by atoms with Gasteiger partial charge in [-0.1, -0.05) is 34.9 Å². The minimum Gasteiger partial charge on any atom is -0.481 e. The lowest BCUT2D eigenvalue weighted by atomic mass is 9.95. The first-order chi connectivity index (χ1) is 13.5. The maximum atomic E-state index is 11.3. The van der Waals surface area contributed by atoms with Crippen LogP contribution in [0.15, 0.2) is 34.9 Å². The SMILES string of the molecule is CC(C)=CCCC(C)=CCCC(C)=CCOC(C(=O)O)C(C(=O)O)C(O)C(=O)O. The van der Waals surface area contributed by atoms with Crippen LogP contribution in [-0.4, -0.2) is 57.1 Å². The smallest absolute Gasteiger partial charge is 0.333 e. The zero-order chi connectivity index (χ0) is 22.6. The molecule has 0 aliphatic rings. The minimum atomic E-state index is -2.39. The molecule has 0 saturated carbocycles. The van der Waals surface area contributed by atoms with Crippen LogP contribution in [0.1, 0.15) is 53.4 Å². The zero-order valence-corrected chi connectivity index (χ0v) is 17.4. The van der Waals surface area contributed by atoms with E-state index in [0.717, 1.165) is 31.3 Å². The first-order valence-electron chi connectivity index (χ1n) is 9.40. The Balaban J connectivity index is 4.74. The lowest BCUT2D eigenvalue weighted by molar-refractivity contribution is -0.175. The van der Waals surface area contributed by atoms with Crippen molar-refractivity contribution in [2.45, 2.75) is 65.6 Å². The van der Waals surface area contributed by atoms with Crippen LogP contribution in [0.2, 0.25) is 0 Å². The van der Waals surface area contributed by atoms with Gasteiger partial charge in [0.05, 0.1) is 6.61 Å². The fraction of sp³-hybridized carbons (Fsp3) is 0.571. The maximum Gasteiger partial charge on any atom is 0.333 e. The van der Waals surface area contributed by atoms with E-state index in [9.17, 15) is 24.6 Å². The number of rotatable bonds is 14. The molecule has 0 radical (unpaired) electrons. The molecule has 164 valence electrons. The summed E-state index contributed by atoms with van der Waals surface area (Å²) < 4.78 is 5.07. The van der Waals surface area contributed by atoms with Crippen molar-refractivity contribution >= 4 is 17.9 Å². The van der Waals surface area contributed by atoms with Crippen molar-refractivity contribution in [3.63, 3.8) is 0 Å². The Hall–Kier alpha value is -2.45. The van der Waals surface area contributed by atoms with Crippen molar-refractivity contribution in [1.82, 2.24) is 0 Å². The molecule has 0 spiro atoms. The highest BCUT2D eigenvalue weighted by atomic mass is 16.5. The summed E-state index contributed by atoms with van der Waals surface area (Å²) in [5, 5.41) is 36.5. The summed E-state index contributed by atoms with van der Waals surface area (Å²) in [6.07, 6.45) is 5.08. The lowest BCUT2D eigenvalue weighted by Gasteiger charge is -2.22. The van der Waals surface area contributed by atoms with Crippen LogP contribution >= 0.6 is 0 Å². The van der Waals surface area contributed by atoms with Gasteiger partial charge >= 0.3 is 17.9 Å². The van der Waals surface area contributed by atoms with Crippen molar-refractivity contribution in [1.29, 1.82) is 0 Å². The number of carbonyl (C=O) groups is 3. The van der Waals surface area contributed by atoms with Crippen molar-refractivity contribution in [2.75, 3.05) is 6.61 Å². The number of carboxylic acids is 3. The van der Waals surface area contributed by atoms with Gasteiger partial charge in [-0.2, -0.15) is 0 Å². The topological polar surface area (TPSA) is 141 Å². The van der Waals surface area contributed by atoms with Gasteiger partial charge in [-0.05, 0) is 53.4 Å². The number of hydrogen-bond acceptors (Lipinski definition) is 5. The molecule has 0 aromatic heterocycles. The van der Waals surface area contributed by atoms with Gasteiger partial charge in [0.15, 0.2) is 12.2 Å². The van der Waals surface area contributed by atoms with E-state index in [4.69, 9.17) is 14.9 Å². The summed E-state index contributed by atoms with van der Waals surface area (Å²) >= 11 is 0. The molecule has 0 aromatic rings. The number of hydrogen-bond donors (Lipinski definition) is 4. The van der Waals surface area contributed by atoms with Crippen molar-refractivity contribution in [3.8, 4) is 0 Å². The molecule has 0 bridgehead atoms. The van der Waals surface area contributed by atoms with Crippen LogP contribution < -0.4 is 0 Å². The standard InChI is InChI=1S/C21H32O8/c1-13(2)7-5-8-14(3)9-6-10-15(4)11-12-29-18(21(27)28)16(19(23)24)17(22)20(25)26/h7,9,11,16-18,22H,5-6,8,10,12H2,1-4H3,(H,23,24)(H,25,26)(H,27,28). The molecule has 3 unspecified atom stereocenters. The molecule has 4 N–H and O–H groups in total. The molecule has 0 heterocycles. The number of aliphatic hydroxyl groups is 1. The van der Waals surface area contributed by atoms with Gasteiger partial charge in [-0.25, -0.2) is 9.59 Å². The van der Waals surface area contributed by atoms with E-state index in [-0.39, 0.29) is 6.61 Å². The van der Waals surface area contributed by atoms with Crippen LogP contribution in [0.5, 0.6) is 0 Å². The molecular weight excluding hydrogens is 380 g/mol. The molecule has 0 saturated heterocycles. The van der Waals surface area contributed by atoms with E-state index < -0.39 is 36.0 Å². The average molecular weight is 412 g/mol. The third-order valence-corrected chi connectivity index (χ3v) is 4.28. The summed E-state index contributed by atoms with van der Waals surface area (Å²) in [6, 6.07) is 0. The Morgan fingerprint density at radius 2 is 1.31 bits per heavy atom. The summed E-state index contributed by atoms with van der Waals surface area (Å²) in [4.78, 5) is 33.4. The molecule has 0 aliphatic carbocycles. The van der Waals surface area contributed by atoms with Crippen molar-refractivity contribution < 1.29 is 39.5 Å². The van der Waals surface area contributed by atoms with E-state index in [1.165, 1.54) is 11.1 Å². The number of carboxylic acid groups (broad SMARTS) is 3. The van der Waals surface area contributed by atoms with E-state index in [1.54, 1.807) is 6.08 Å². The van der Waals surface area contributed by atoms with E-state index in [2.05, 4.69) is 32.9 Å². The Morgan fingerprint density at radius 3 is 1.76 bits per heavy atom. The fourth-order valence-electron chi connectivity index (χ4n) is 2.55. The van der Waals surface area contributed by atoms with Gasteiger partial charge in [0.1, 0.15) is 5.92 Å². The van der Waals surface area contributed by atoms with Crippen LogP contribution in [0.3, 0.4) is 0 Å². The summed E-state index contributed by atoms with van der Waals surface area (Å²) in [7, 11) is 0. The van der Waals surface area contributed by atoms with E-state index >= 15 is 0 Å². The van der Waals surface area contributed by atoms with Crippen LogP contribution in [0, 0.1) is 5.92 Å². The highest BCUT2D eigenvalue weighted by Gasteiger charge is 2.43. The average Bonchev–Trinajstić information content (AvgIpc) is 2.59. The Kier molecular flexibility index (Phi) is 12.5. The van der Waals surface area contributed by atoms with Gasteiger partial charge in [-0.3, -0.25) is 4.79 Å². The van der Waals surface area contributed by atoms with Crippen LogP contribution in [0.4, 0.5) is 0 Å². The molecule has 3 atom stereocenters. The normalized spacial score (nSPS) is 15.3. The van der Waals surface area contributed by atoms with Crippen LogP contribution in [-0.2, 0) is 19.1 Å². The summed E-state index contributed by atoms with van der Waals surface area (Å²) in [5.74, 6) is -7.36. The predicted molar refractivity (Wildman–Crippen MR) is 108 cm³/mol. The maximum absolute atomic E-state index is 11.3. The van der Waals surface area contributed by atoms with Gasteiger partial charge in [-0.15, -0.1) is 0 Å². The summed E-state index contributed by atoms with van der Waals surface area (Å²) in [6.45, 7) is 7.82. The Bertz CT molecular complexity index is 656. The monoisotopic (exact) mass is 412 g/mol. The van der Waals surface area contributed by atoms with Gasteiger partial charge < -0.3 is 25.2 Å². The highest BCUT2D eigenvalue weighted by Crippen LogP contribution is 2.16. The molecule has 0 fully saturated rings. The molecular formula is C21H32O8. The number of ether oxygens (including phenoxy) is 1. The van der Waals surface area contributed by atoms with E-state index in [0.29, 0.717) is 0 Å². The molecule has 29 heavy (non-hydrogen) atoms. The van der Waals surface area contributed by atoms with Gasteiger partial charge in [0, 0.05) is 0 Å². The minimum absolute atomic E-state index is 0.206. The van der Waals surface area contributed by atoms with Crippen LogP contribution in [0.25, 0.3) is 0 Å². The Morgan fingerprint density at radius 1 is 0.793 bits per heavy atom. The second-order valence-corrected chi connectivity index (χ2v) is 7.20. The molecule has 0 rings (SSSR count). The third-order valence-electron chi connectivity index (χ3n) is 4.28. The molecule has 8 nitrogen and oxygen atoms in total. The number of aliphatic carboxylic acids is 3. The van der Waals surface area contributed by atoms with Gasteiger partial charge in [0.25, 0.3) is 0 Å². The second kappa shape index (κ2) is 13.7. The number of aliphatic hydroxyl groups excluding tert-OH is 1. The van der Waals surface area contributed by atoms with Gasteiger partial charge in [0.2, 0.25) is 0 Å². The molecule has 0 aliphatic heterocycles. The molecule has 0 aromatic carbocycles. The fourth-order valence-corrected chi connectivity index (χ4v) is 2.55.